The van der Waals surface area contributed by atoms with E-state index in [4.69, 9.17) is 4.42 Å². The number of rotatable bonds is 4. The van der Waals surface area contributed by atoms with E-state index >= 15 is 0 Å². The fourth-order valence-corrected chi connectivity index (χ4v) is 2.90. The predicted octanol–water partition coefficient (Wildman–Crippen LogP) is 3.32. The number of furan rings is 1. The van der Waals surface area contributed by atoms with Gasteiger partial charge < -0.3 is 9.73 Å². The number of nitrogens with zero attached hydrogens (tertiary/aromatic N) is 2. The molecule has 1 aliphatic rings. The molecule has 1 aliphatic heterocycles. The van der Waals surface area contributed by atoms with Gasteiger partial charge in [-0.15, -0.1) is 0 Å². The monoisotopic (exact) mass is 341 g/mol. The van der Waals surface area contributed by atoms with Gasteiger partial charge in [-0.1, -0.05) is 18.2 Å². The first-order chi connectivity index (χ1) is 11.9. The van der Waals surface area contributed by atoms with Gasteiger partial charge in [0.2, 0.25) is 0 Å². The Hall–Kier alpha value is -3.42. The Morgan fingerprint density at radius 2 is 1.92 bits per heavy atom. The van der Waals surface area contributed by atoms with Crippen LogP contribution in [0.4, 0.5) is 16.4 Å². The number of carbonyl (C=O) groups is 2. The van der Waals surface area contributed by atoms with Crippen molar-refractivity contribution in [3.8, 4) is 0 Å². The van der Waals surface area contributed by atoms with E-state index in [0.29, 0.717) is 17.0 Å². The SMILES string of the molecule is CC(=O)C1=C(C)N(c2ccccc2)C(=O)N[C@@H]1c1ccc([N+](=O)[O-])o1. The Balaban J connectivity index is 2.09. The number of nitro groups is 1. The van der Waals surface area contributed by atoms with Crippen molar-refractivity contribution in [3.05, 3.63) is 69.6 Å². The minimum atomic E-state index is -0.876. The highest BCUT2D eigenvalue weighted by Crippen LogP contribution is 2.35. The van der Waals surface area contributed by atoms with Crippen LogP contribution in [0.1, 0.15) is 25.6 Å². The maximum Gasteiger partial charge on any atom is 0.433 e. The molecule has 0 fully saturated rings. The highest BCUT2D eigenvalue weighted by Gasteiger charge is 2.37. The van der Waals surface area contributed by atoms with E-state index in [-0.39, 0.29) is 11.5 Å². The molecule has 8 nitrogen and oxygen atoms in total. The van der Waals surface area contributed by atoms with Crippen molar-refractivity contribution >= 4 is 23.4 Å². The summed E-state index contributed by atoms with van der Waals surface area (Å²) in [5, 5.41) is 13.5. The van der Waals surface area contributed by atoms with Gasteiger partial charge in [0, 0.05) is 11.3 Å². The summed E-state index contributed by atoms with van der Waals surface area (Å²) in [5.74, 6) is -0.574. The zero-order valence-electron chi connectivity index (χ0n) is 13.6. The van der Waals surface area contributed by atoms with Crippen molar-refractivity contribution in [1.29, 1.82) is 0 Å². The third-order valence-corrected chi connectivity index (χ3v) is 3.96. The van der Waals surface area contributed by atoms with Crippen LogP contribution in [0.5, 0.6) is 0 Å². The van der Waals surface area contributed by atoms with Crippen LogP contribution in [0.25, 0.3) is 0 Å². The van der Waals surface area contributed by atoms with Crippen molar-refractivity contribution in [3.63, 3.8) is 0 Å². The van der Waals surface area contributed by atoms with Crippen LogP contribution in [0, 0.1) is 10.1 Å². The Bertz CT molecular complexity index is 885. The van der Waals surface area contributed by atoms with Gasteiger partial charge in [-0.3, -0.25) is 19.8 Å². The fourth-order valence-electron chi connectivity index (χ4n) is 2.90. The second kappa shape index (κ2) is 6.23. The summed E-state index contributed by atoms with van der Waals surface area (Å²) in [4.78, 5) is 36.3. The number of urea groups is 1. The van der Waals surface area contributed by atoms with E-state index in [1.54, 1.807) is 31.2 Å². The van der Waals surface area contributed by atoms with Crippen LogP contribution in [0.15, 0.2) is 58.2 Å². The molecule has 0 saturated carbocycles. The largest absolute Gasteiger partial charge is 0.433 e. The molecule has 8 heteroatoms. The lowest BCUT2D eigenvalue weighted by molar-refractivity contribution is -0.402. The third-order valence-electron chi connectivity index (χ3n) is 3.96. The second-order valence-corrected chi connectivity index (χ2v) is 5.54. The first-order valence-electron chi connectivity index (χ1n) is 7.51. The molecule has 1 atom stereocenters. The lowest BCUT2D eigenvalue weighted by Crippen LogP contribution is -2.47. The van der Waals surface area contributed by atoms with Gasteiger partial charge >= 0.3 is 11.9 Å². The molecular weight excluding hydrogens is 326 g/mol. The van der Waals surface area contributed by atoms with Crippen molar-refractivity contribution in [2.75, 3.05) is 4.90 Å². The summed E-state index contributed by atoms with van der Waals surface area (Å²) in [6.45, 7) is 3.04. The quantitative estimate of drug-likeness (QED) is 0.678. The van der Waals surface area contributed by atoms with Gasteiger partial charge in [-0.2, -0.15) is 0 Å². The summed E-state index contributed by atoms with van der Waals surface area (Å²) in [6, 6.07) is 10.1. The molecule has 0 aliphatic carbocycles. The number of hydrogen-bond acceptors (Lipinski definition) is 5. The Morgan fingerprint density at radius 3 is 2.48 bits per heavy atom. The number of nitrogens with one attached hydrogen (secondary N) is 1. The molecule has 0 radical (unpaired) electrons. The number of Topliss-reactive ketones (excluding diaryl/α,β-unsaturated/α-hetero) is 1. The van der Waals surface area contributed by atoms with Crippen LogP contribution >= 0.6 is 0 Å². The average Bonchev–Trinajstić information content (AvgIpc) is 3.05. The molecule has 0 unspecified atom stereocenters. The molecule has 3 rings (SSSR count). The lowest BCUT2D eigenvalue weighted by Gasteiger charge is -2.34. The van der Waals surface area contributed by atoms with E-state index < -0.39 is 22.9 Å². The van der Waals surface area contributed by atoms with Crippen LogP contribution in [0.2, 0.25) is 0 Å². The molecular formula is C17H15N3O5. The number of para-hydroxylation sites is 1. The van der Waals surface area contributed by atoms with Crippen molar-refractivity contribution in [2.45, 2.75) is 19.9 Å². The molecule has 2 aromatic rings. The van der Waals surface area contributed by atoms with Gasteiger partial charge in [0.1, 0.15) is 16.7 Å². The van der Waals surface area contributed by atoms with Crippen molar-refractivity contribution < 1.29 is 18.9 Å². The summed E-state index contributed by atoms with van der Waals surface area (Å²) in [5.41, 5.74) is 1.37. The molecule has 1 aromatic carbocycles. The predicted molar refractivity (Wildman–Crippen MR) is 88.9 cm³/mol. The zero-order chi connectivity index (χ0) is 18.1. The molecule has 2 amide bonds. The fraction of sp³-hybridized carbons (Fsp3) is 0.176. The molecule has 2 heterocycles. The van der Waals surface area contributed by atoms with E-state index in [1.807, 2.05) is 6.07 Å². The third kappa shape index (κ3) is 2.89. The number of ketones is 1. The molecule has 1 aromatic heterocycles. The lowest BCUT2D eigenvalue weighted by atomic mass is 9.96. The summed E-state index contributed by atoms with van der Waals surface area (Å²) < 4.78 is 5.18. The van der Waals surface area contributed by atoms with Crippen molar-refractivity contribution in [1.82, 2.24) is 5.32 Å². The highest BCUT2D eigenvalue weighted by atomic mass is 16.6. The maximum atomic E-state index is 12.6. The molecule has 0 bridgehead atoms. The standard InChI is InChI=1S/C17H15N3O5/c1-10-15(11(2)21)16(13-8-9-14(25-13)20(23)24)18-17(22)19(10)12-6-4-3-5-7-12/h3-9,16H,1-2H3,(H,18,22)/t16-/m1/s1. The number of amides is 2. The highest BCUT2D eigenvalue weighted by molar-refractivity contribution is 6.04. The van der Waals surface area contributed by atoms with Gasteiger partial charge in [-0.25, -0.2) is 4.79 Å². The second-order valence-electron chi connectivity index (χ2n) is 5.54. The average molecular weight is 341 g/mol. The van der Waals surface area contributed by atoms with Gasteiger partial charge in [0.05, 0.1) is 11.8 Å². The number of benzene rings is 1. The Morgan fingerprint density at radius 1 is 1.24 bits per heavy atom. The van der Waals surface area contributed by atoms with Crippen LogP contribution in [-0.4, -0.2) is 16.7 Å². The van der Waals surface area contributed by atoms with E-state index in [0.717, 1.165) is 0 Å². The summed E-state index contributed by atoms with van der Waals surface area (Å²) >= 11 is 0. The number of carbonyl (C=O) groups excluding carboxylic acids is 2. The van der Waals surface area contributed by atoms with E-state index in [2.05, 4.69) is 5.32 Å². The van der Waals surface area contributed by atoms with Gasteiger partial charge in [0.15, 0.2) is 5.78 Å². The number of anilines is 1. The van der Waals surface area contributed by atoms with Gasteiger partial charge in [0.25, 0.3) is 0 Å². The topological polar surface area (TPSA) is 106 Å². The van der Waals surface area contributed by atoms with Crippen molar-refractivity contribution in [2.24, 2.45) is 0 Å². The Labute approximate surface area is 142 Å². The molecule has 1 N–H and O–H groups in total. The van der Waals surface area contributed by atoms with Crippen LogP contribution < -0.4 is 10.2 Å². The minimum Gasteiger partial charge on any atom is -0.403 e. The molecule has 25 heavy (non-hydrogen) atoms. The van der Waals surface area contributed by atoms with Gasteiger partial charge in [-0.05, 0) is 32.0 Å². The van der Waals surface area contributed by atoms with Crippen LogP contribution in [-0.2, 0) is 4.79 Å². The molecule has 128 valence electrons. The normalized spacial score (nSPS) is 17.4. The first kappa shape index (κ1) is 16.4. The summed E-state index contributed by atoms with van der Waals surface area (Å²) in [7, 11) is 0. The Kier molecular flexibility index (Phi) is 4.10. The smallest absolute Gasteiger partial charge is 0.403 e. The number of hydrogen-bond donors (Lipinski definition) is 1. The van der Waals surface area contributed by atoms with E-state index in [9.17, 15) is 19.7 Å². The van der Waals surface area contributed by atoms with E-state index in [1.165, 1.54) is 24.0 Å². The molecule has 0 saturated heterocycles. The minimum absolute atomic E-state index is 0.136. The molecule has 0 spiro atoms. The summed E-state index contributed by atoms with van der Waals surface area (Å²) in [6.07, 6.45) is 0. The number of allylic oxidation sites excluding steroid dienone is 1. The maximum absolute atomic E-state index is 12.6. The first-order valence-corrected chi connectivity index (χ1v) is 7.51. The zero-order valence-corrected chi connectivity index (χ0v) is 13.6. The van der Waals surface area contributed by atoms with Crippen LogP contribution in [0.3, 0.4) is 0 Å².